The fraction of sp³-hybridized carbons (Fsp3) is 0.368. The van der Waals surface area contributed by atoms with Crippen LogP contribution < -0.4 is 4.73 Å². The topological polar surface area (TPSA) is 67.5 Å². The standard InChI is InChI=1S/C19H22N2O3/c22-15-19(13-16-5-2-1-3-6-16)9-4-10-20(14-19)18(23)17-7-11-21(24)12-8-17/h1-3,5-8,11-12,22H,4,9-10,13-15H2. The molecule has 1 atom stereocenters. The second-order valence-corrected chi connectivity index (χ2v) is 6.60. The molecule has 5 heteroatoms. The number of aliphatic hydroxyl groups is 1. The molecule has 1 unspecified atom stereocenters. The van der Waals surface area contributed by atoms with E-state index in [1.807, 2.05) is 18.2 Å². The van der Waals surface area contributed by atoms with Gasteiger partial charge in [0, 0.05) is 30.6 Å². The van der Waals surface area contributed by atoms with Gasteiger partial charge in [-0.1, -0.05) is 30.3 Å². The molecule has 1 amide bonds. The van der Waals surface area contributed by atoms with E-state index < -0.39 is 0 Å². The molecule has 2 heterocycles. The van der Waals surface area contributed by atoms with Gasteiger partial charge in [-0.2, -0.15) is 4.73 Å². The van der Waals surface area contributed by atoms with Gasteiger partial charge in [0.05, 0.1) is 12.2 Å². The van der Waals surface area contributed by atoms with Crippen molar-refractivity contribution in [2.45, 2.75) is 19.3 Å². The van der Waals surface area contributed by atoms with E-state index in [1.165, 1.54) is 18.0 Å². The molecule has 3 rings (SSSR count). The predicted octanol–water partition coefficient (Wildman–Crippen LogP) is 1.78. The van der Waals surface area contributed by atoms with E-state index in [4.69, 9.17) is 0 Å². The number of amides is 1. The molecule has 5 nitrogen and oxygen atoms in total. The lowest BCUT2D eigenvalue weighted by atomic mass is 9.75. The zero-order chi connectivity index (χ0) is 17.0. The van der Waals surface area contributed by atoms with Crippen LogP contribution in [0, 0.1) is 10.6 Å². The molecule has 0 radical (unpaired) electrons. The van der Waals surface area contributed by atoms with Crippen molar-refractivity contribution in [3.05, 3.63) is 71.2 Å². The number of aliphatic hydroxyl groups excluding tert-OH is 1. The molecule has 1 aliphatic heterocycles. The number of carbonyl (C=O) groups excluding carboxylic acids is 1. The summed E-state index contributed by atoms with van der Waals surface area (Å²) in [7, 11) is 0. The molecule has 0 spiro atoms. The predicted molar refractivity (Wildman–Crippen MR) is 90.2 cm³/mol. The first-order valence-corrected chi connectivity index (χ1v) is 8.25. The third-order valence-electron chi connectivity index (χ3n) is 4.75. The second kappa shape index (κ2) is 7.01. The number of piperidine rings is 1. The van der Waals surface area contributed by atoms with Crippen molar-refractivity contribution in [1.82, 2.24) is 4.90 Å². The number of rotatable bonds is 4. The molecule has 1 aromatic heterocycles. The van der Waals surface area contributed by atoms with Gasteiger partial charge in [0.2, 0.25) is 0 Å². The summed E-state index contributed by atoms with van der Waals surface area (Å²) in [6, 6.07) is 13.2. The Morgan fingerprint density at radius 3 is 2.58 bits per heavy atom. The molecular weight excluding hydrogens is 304 g/mol. The molecule has 24 heavy (non-hydrogen) atoms. The minimum absolute atomic E-state index is 0.0566. The van der Waals surface area contributed by atoms with Crippen molar-refractivity contribution in [2.75, 3.05) is 19.7 Å². The second-order valence-electron chi connectivity index (χ2n) is 6.60. The average Bonchev–Trinajstić information content (AvgIpc) is 2.63. The zero-order valence-electron chi connectivity index (χ0n) is 13.6. The minimum atomic E-state index is -0.303. The average molecular weight is 326 g/mol. The van der Waals surface area contributed by atoms with Gasteiger partial charge in [-0.15, -0.1) is 0 Å². The van der Waals surface area contributed by atoms with Crippen LogP contribution in [-0.2, 0) is 6.42 Å². The van der Waals surface area contributed by atoms with Crippen LogP contribution in [0.4, 0.5) is 0 Å². The lowest BCUT2D eigenvalue weighted by Crippen LogP contribution is -2.49. The highest BCUT2D eigenvalue weighted by Crippen LogP contribution is 2.34. The van der Waals surface area contributed by atoms with Crippen molar-refractivity contribution in [1.29, 1.82) is 0 Å². The third-order valence-corrected chi connectivity index (χ3v) is 4.75. The van der Waals surface area contributed by atoms with E-state index in [2.05, 4.69) is 12.1 Å². The Balaban J connectivity index is 1.76. The summed E-state index contributed by atoms with van der Waals surface area (Å²) in [5, 5.41) is 21.2. The van der Waals surface area contributed by atoms with Crippen LogP contribution in [0.1, 0.15) is 28.8 Å². The molecule has 2 aromatic rings. The number of carbonyl (C=O) groups is 1. The van der Waals surface area contributed by atoms with E-state index in [9.17, 15) is 15.1 Å². The van der Waals surface area contributed by atoms with E-state index in [0.29, 0.717) is 23.4 Å². The summed E-state index contributed by atoms with van der Waals surface area (Å²) in [6.07, 6.45) is 5.19. The first kappa shape index (κ1) is 16.5. The summed E-state index contributed by atoms with van der Waals surface area (Å²) in [6.45, 7) is 1.27. The first-order chi connectivity index (χ1) is 11.6. The number of hydrogen-bond acceptors (Lipinski definition) is 3. The summed E-state index contributed by atoms with van der Waals surface area (Å²) < 4.78 is 0.667. The quantitative estimate of drug-likeness (QED) is 0.688. The number of benzene rings is 1. The highest BCUT2D eigenvalue weighted by molar-refractivity contribution is 5.94. The van der Waals surface area contributed by atoms with Crippen molar-refractivity contribution in [3.63, 3.8) is 0 Å². The van der Waals surface area contributed by atoms with Crippen molar-refractivity contribution < 1.29 is 14.6 Å². The maximum absolute atomic E-state index is 12.7. The van der Waals surface area contributed by atoms with Crippen LogP contribution in [0.3, 0.4) is 0 Å². The molecule has 0 bridgehead atoms. The third kappa shape index (κ3) is 3.57. The number of aromatic nitrogens is 1. The van der Waals surface area contributed by atoms with Gasteiger partial charge in [-0.05, 0) is 24.8 Å². The number of pyridine rings is 1. The fourth-order valence-corrected chi connectivity index (χ4v) is 3.48. The molecule has 1 N–H and O–H groups in total. The smallest absolute Gasteiger partial charge is 0.254 e. The zero-order valence-corrected chi connectivity index (χ0v) is 13.6. The number of likely N-dealkylation sites (tertiary alicyclic amines) is 1. The van der Waals surface area contributed by atoms with Crippen LogP contribution in [0.15, 0.2) is 54.9 Å². The van der Waals surface area contributed by atoms with Gasteiger partial charge in [0.15, 0.2) is 12.4 Å². The van der Waals surface area contributed by atoms with Gasteiger partial charge in [0.25, 0.3) is 5.91 Å². The molecule has 0 aliphatic carbocycles. The Kier molecular flexibility index (Phi) is 4.81. The van der Waals surface area contributed by atoms with E-state index in [0.717, 1.165) is 19.3 Å². The highest BCUT2D eigenvalue weighted by Gasteiger charge is 2.37. The van der Waals surface area contributed by atoms with Crippen LogP contribution in [0.25, 0.3) is 0 Å². The summed E-state index contributed by atoms with van der Waals surface area (Å²) in [4.78, 5) is 14.5. The first-order valence-electron chi connectivity index (χ1n) is 8.25. The number of hydrogen-bond donors (Lipinski definition) is 1. The monoisotopic (exact) mass is 326 g/mol. The lowest BCUT2D eigenvalue weighted by Gasteiger charge is -2.42. The van der Waals surface area contributed by atoms with Crippen LogP contribution in [0.5, 0.6) is 0 Å². The molecule has 1 fully saturated rings. The fourth-order valence-electron chi connectivity index (χ4n) is 3.48. The Bertz CT molecular complexity index is 688. The highest BCUT2D eigenvalue weighted by atomic mass is 16.5. The van der Waals surface area contributed by atoms with Gasteiger partial charge in [-0.25, -0.2) is 0 Å². The molecule has 0 saturated carbocycles. The largest absolute Gasteiger partial charge is 0.619 e. The molecule has 1 saturated heterocycles. The maximum Gasteiger partial charge on any atom is 0.254 e. The van der Waals surface area contributed by atoms with Crippen molar-refractivity contribution in [3.8, 4) is 0 Å². The lowest BCUT2D eigenvalue weighted by molar-refractivity contribution is -0.605. The Hall–Kier alpha value is -2.40. The Morgan fingerprint density at radius 2 is 1.92 bits per heavy atom. The molecular formula is C19H22N2O3. The normalized spacial score (nSPS) is 20.8. The van der Waals surface area contributed by atoms with Gasteiger partial charge < -0.3 is 15.2 Å². The van der Waals surface area contributed by atoms with Gasteiger partial charge in [-0.3, -0.25) is 4.79 Å². The number of nitrogens with zero attached hydrogens (tertiary/aromatic N) is 2. The van der Waals surface area contributed by atoms with E-state index in [-0.39, 0.29) is 17.9 Å². The molecule has 1 aliphatic rings. The summed E-state index contributed by atoms with van der Waals surface area (Å²) >= 11 is 0. The maximum atomic E-state index is 12.7. The van der Waals surface area contributed by atoms with Crippen LogP contribution in [0.2, 0.25) is 0 Å². The molecule has 1 aromatic carbocycles. The van der Waals surface area contributed by atoms with Crippen LogP contribution >= 0.6 is 0 Å². The Labute approximate surface area is 141 Å². The summed E-state index contributed by atoms with van der Waals surface area (Å²) in [5.41, 5.74) is 1.38. The van der Waals surface area contributed by atoms with Gasteiger partial charge >= 0.3 is 0 Å². The minimum Gasteiger partial charge on any atom is -0.619 e. The van der Waals surface area contributed by atoms with Crippen molar-refractivity contribution in [2.24, 2.45) is 5.41 Å². The van der Waals surface area contributed by atoms with Crippen LogP contribution in [-0.4, -0.2) is 35.6 Å². The van der Waals surface area contributed by atoms with Gasteiger partial charge in [0.1, 0.15) is 0 Å². The summed E-state index contributed by atoms with van der Waals surface area (Å²) in [5.74, 6) is -0.0822. The van der Waals surface area contributed by atoms with E-state index in [1.54, 1.807) is 17.0 Å². The van der Waals surface area contributed by atoms with E-state index >= 15 is 0 Å². The SMILES string of the molecule is O=C(c1cc[n+]([O-])cc1)N1CCCC(CO)(Cc2ccccc2)C1. The molecule has 126 valence electrons. The van der Waals surface area contributed by atoms with Crippen molar-refractivity contribution >= 4 is 5.91 Å². The Morgan fingerprint density at radius 1 is 1.21 bits per heavy atom.